The summed E-state index contributed by atoms with van der Waals surface area (Å²) in [5.74, 6) is 0. The van der Waals surface area contributed by atoms with Crippen LogP contribution in [0.15, 0.2) is 35.1 Å². The molecule has 0 radical (unpaired) electrons. The highest BCUT2D eigenvalue weighted by atomic mass is 79.9. The van der Waals surface area contributed by atoms with Crippen molar-refractivity contribution in [3.63, 3.8) is 0 Å². The van der Waals surface area contributed by atoms with Crippen molar-refractivity contribution in [3.05, 3.63) is 40.6 Å². The molecule has 100 valence electrons. The molecule has 0 N–H and O–H groups in total. The molecule has 2 heterocycles. The second-order valence-corrected chi connectivity index (χ2v) is 5.80. The minimum atomic E-state index is 0.106. The first kappa shape index (κ1) is 12.9. The molecule has 0 amide bonds. The zero-order valence-corrected chi connectivity index (χ0v) is 12.6. The molecule has 1 saturated heterocycles. The Labute approximate surface area is 121 Å². The van der Waals surface area contributed by atoms with Gasteiger partial charge in [0.25, 0.3) is 0 Å². The third-order valence-electron chi connectivity index (χ3n) is 3.63. The molecule has 19 heavy (non-hydrogen) atoms. The average molecular weight is 321 g/mol. The molecule has 0 spiro atoms. The first-order valence-corrected chi connectivity index (χ1v) is 7.46. The van der Waals surface area contributed by atoms with Crippen molar-refractivity contribution in [2.45, 2.75) is 32.4 Å². The Bertz CT molecular complexity index is 573. The molecule has 0 aliphatic carbocycles. The predicted molar refractivity (Wildman–Crippen MR) is 78.9 cm³/mol. The predicted octanol–water partition coefficient (Wildman–Crippen LogP) is 4.32. The van der Waals surface area contributed by atoms with Crippen molar-refractivity contribution < 1.29 is 4.74 Å². The van der Waals surface area contributed by atoms with E-state index in [1.54, 1.807) is 0 Å². The lowest BCUT2D eigenvalue weighted by Gasteiger charge is -2.22. The molecule has 3 nitrogen and oxygen atoms in total. The zero-order chi connectivity index (χ0) is 13.2. The Morgan fingerprint density at radius 2 is 2.26 bits per heavy atom. The molecule has 3 rings (SSSR count). The van der Waals surface area contributed by atoms with Gasteiger partial charge in [-0.2, -0.15) is 5.10 Å². The standard InChI is InChI=1S/C15H17BrN2O/c1-11-13(5-4-6-14(11)16)12-9-17-18(10-12)15-7-2-3-8-19-15/h4-6,9-10,15H,2-3,7-8H2,1H3. The van der Waals surface area contributed by atoms with E-state index < -0.39 is 0 Å². The van der Waals surface area contributed by atoms with Gasteiger partial charge in [-0.15, -0.1) is 0 Å². The first-order chi connectivity index (χ1) is 9.25. The highest BCUT2D eigenvalue weighted by Crippen LogP contribution is 2.30. The summed E-state index contributed by atoms with van der Waals surface area (Å²) in [6, 6.07) is 6.25. The van der Waals surface area contributed by atoms with Gasteiger partial charge < -0.3 is 4.74 Å². The second-order valence-electron chi connectivity index (χ2n) is 4.94. The Kier molecular flexibility index (Phi) is 3.71. The first-order valence-electron chi connectivity index (χ1n) is 6.67. The third kappa shape index (κ3) is 2.60. The summed E-state index contributed by atoms with van der Waals surface area (Å²) in [5.41, 5.74) is 3.61. The van der Waals surface area contributed by atoms with Crippen molar-refractivity contribution in [3.8, 4) is 11.1 Å². The maximum absolute atomic E-state index is 5.76. The fourth-order valence-corrected chi connectivity index (χ4v) is 2.85. The number of rotatable bonds is 2. The van der Waals surface area contributed by atoms with Crippen LogP contribution in [0, 0.1) is 6.92 Å². The van der Waals surface area contributed by atoms with Crippen LogP contribution in [-0.4, -0.2) is 16.4 Å². The highest BCUT2D eigenvalue weighted by molar-refractivity contribution is 9.10. The topological polar surface area (TPSA) is 27.1 Å². The fourth-order valence-electron chi connectivity index (χ4n) is 2.49. The summed E-state index contributed by atoms with van der Waals surface area (Å²) in [4.78, 5) is 0. The lowest BCUT2D eigenvalue weighted by Crippen LogP contribution is -2.18. The molecule has 4 heteroatoms. The highest BCUT2D eigenvalue weighted by Gasteiger charge is 2.17. The largest absolute Gasteiger partial charge is 0.357 e. The van der Waals surface area contributed by atoms with Gasteiger partial charge in [0.15, 0.2) is 0 Å². The molecule has 2 aromatic rings. The quantitative estimate of drug-likeness (QED) is 0.824. The molecule has 1 aromatic carbocycles. The normalized spacial score (nSPS) is 19.6. The molecule has 1 aromatic heterocycles. The number of hydrogen-bond donors (Lipinski definition) is 0. The van der Waals surface area contributed by atoms with E-state index in [1.807, 2.05) is 10.9 Å². The van der Waals surface area contributed by atoms with Gasteiger partial charge in [0.05, 0.1) is 6.20 Å². The van der Waals surface area contributed by atoms with E-state index in [9.17, 15) is 0 Å². The van der Waals surface area contributed by atoms with E-state index in [-0.39, 0.29) is 6.23 Å². The van der Waals surface area contributed by atoms with Crippen molar-refractivity contribution in [1.82, 2.24) is 9.78 Å². The Morgan fingerprint density at radius 3 is 3.05 bits per heavy atom. The number of ether oxygens (including phenoxy) is 1. The summed E-state index contributed by atoms with van der Waals surface area (Å²) in [6.45, 7) is 2.96. The number of nitrogens with zero attached hydrogens (tertiary/aromatic N) is 2. The Morgan fingerprint density at radius 1 is 1.37 bits per heavy atom. The second kappa shape index (κ2) is 5.47. The summed E-state index contributed by atoms with van der Waals surface area (Å²) in [7, 11) is 0. The van der Waals surface area contributed by atoms with E-state index in [1.165, 1.54) is 17.5 Å². The van der Waals surface area contributed by atoms with E-state index in [0.717, 1.165) is 29.5 Å². The zero-order valence-electron chi connectivity index (χ0n) is 11.0. The Balaban J connectivity index is 1.90. The van der Waals surface area contributed by atoms with Crippen LogP contribution in [0.1, 0.15) is 31.1 Å². The van der Waals surface area contributed by atoms with Gasteiger partial charge >= 0.3 is 0 Å². The van der Waals surface area contributed by atoms with Crippen molar-refractivity contribution in [1.29, 1.82) is 0 Å². The summed E-state index contributed by atoms with van der Waals surface area (Å²) in [5, 5.41) is 4.46. The number of halogens is 1. The van der Waals surface area contributed by atoms with E-state index in [4.69, 9.17) is 4.74 Å². The summed E-state index contributed by atoms with van der Waals surface area (Å²) < 4.78 is 8.84. The monoisotopic (exact) mass is 320 g/mol. The molecule has 1 fully saturated rings. The van der Waals surface area contributed by atoms with Crippen LogP contribution < -0.4 is 0 Å². The smallest absolute Gasteiger partial charge is 0.150 e. The molecule has 0 saturated carbocycles. The lowest BCUT2D eigenvalue weighted by molar-refractivity contribution is -0.0394. The molecule has 0 bridgehead atoms. The van der Waals surface area contributed by atoms with Crippen LogP contribution in [0.3, 0.4) is 0 Å². The van der Waals surface area contributed by atoms with Gasteiger partial charge in [-0.1, -0.05) is 28.1 Å². The molecule has 1 unspecified atom stereocenters. The van der Waals surface area contributed by atoms with Gasteiger partial charge in [0.2, 0.25) is 0 Å². The van der Waals surface area contributed by atoms with Crippen LogP contribution >= 0.6 is 15.9 Å². The lowest BCUT2D eigenvalue weighted by atomic mass is 10.0. The molecular weight excluding hydrogens is 304 g/mol. The van der Waals surface area contributed by atoms with Crippen molar-refractivity contribution in [2.75, 3.05) is 6.61 Å². The molecule has 1 atom stereocenters. The van der Waals surface area contributed by atoms with Crippen LogP contribution in [-0.2, 0) is 4.74 Å². The van der Waals surface area contributed by atoms with Crippen molar-refractivity contribution in [2.24, 2.45) is 0 Å². The molecule has 1 aliphatic heterocycles. The van der Waals surface area contributed by atoms with Crippen molar-refractivity contribution >= 4 is 15.9 Å². The maximum atomic E-state index is 5.76. The van der Waals surface area contributed by atoms with Gasteiger partial charge in [-0.25, -0.2) is 4.68 Å². The van der Waals surface area contributed by atoms with Crippen LogP contribution in [0.5, 0.6) is 0 Å². The summed E-state index contributed by atoms with van der Waals surface area (Å²) in [6.07, 6.45) is 7.55. The SMILES string of the molecule is Cc1c(Br)cccc1-c1cnn(C2CCCCO2)c1. The van der Waals surface area contributed by atoms with Crippen LogP contribution in [0.4, 0.5) is 0 Å². The summed E-state index contributed by atoms with van der Waals surface area (Å²) >= 11 is 3.57. The van der Waals surface area contributed by atoms with E-state index in [0.29, 0.717) is 0 Å². The average Bonchev–Trinajstić information content (AvgIpc) is 2.92. The minimum absolute atomic E-state index is 0.106. The van der Waals surface area contributed by atoms with Gasteiger partial charge in [0.1, 0.15) is 6.23 Å². The third-order valence-corrected chi connectivity index (χ3v) is 4.49. The van der Waals surface area contributed by atoms with Crippen LogP contribution in [0.25, 0.3) is 11.1 Å². The molecular formula is C15H17BrN2O. The number of benzene rings is 1. The number of aromatic nitrogens is 2. The number of hydrogen-bond acceptors (Lipinski definition) is 2. The van der Waals surface area contributed by atoms with E-state index in [2.05, 4.69) is 52.3 Å². The minimum Gasteiger partial charge on any atom is -0.357 e. The van der Waals surface area contributed by atoms with Gasteiger partial charge in [-0.05, 0) is 43.4 Å². The van der Waals surface area contributed by atoms with Crippen LogP contribution in [0.2, 0.25) is 0 Å². The fraction of sp³-hybridized carbons (Fsp3) is 0.400. The Hall–Kier alpha value is -1.13. The van der Waals surface area contributed by atoms with E-state index >= 15 is 0 Å². The van der Waals surface area contributed by atoms with Gasteiger partial charge in [0, 0.05) is 22.8 Å². The maximum Gasteiger partial charge on any atom is 0.150 e. The van der Waals surface area contributed by atoms with Gasteiger partial charge in [-0.3, -0.25) is 0 Å². The molecule has 1 aliphatic rings.